The summed E-state index contributed by atoms with van der Waals surface area (Å²) in [6, 6.07) is 11.0. The number of guanidine groups is 1. The first-order chi connectivity index (χ1) is 11.1. The third kappa shape index (κ3) is 5.52. The van der Waals surface area contributed by atoms with E-state index < -0.39 is 0 Å². The molecule has 1 fully saturated rings. The lowest BCUT2D eigenvalue weighted by atomic mass is 10.2. The minimum atomic E-state index is 0.493. The molecule has 1 unspecified atom stereocenters. The Morgan fingerprint density at radius 1 is 1.26 bits per heavy atom. The largest absolute Gasteiger partial charge is 0.357 e. The number of likely N-dealkylation sites (N-methyl/N-ethyl adjacent to an activating group) is 2. The molecule has 0 aliphatic carbocycles. The number of piperazine rings is 1. The van der Waals surface area contributed by atoms with Gasteiger partial charge in [0.2, 0.25) is 0 Å². The van der Waals surface area contributed by atoms with Gasteiger partial charge in [0.15, 0.2) is 5.96 Å². The van der Waals surface area contributed by atoms with E-state index in [1.165, 1.54) is 5.56 Å². The Balaban J connectivity index is 1.98. The number of rotatable bonds is 5. The second kappa shape index (κ2) is 8.89. The lowest BCUT2D eigenvalue weighted by Gasteiger charge is -2.37. The number of hydrogen-bond acceptors (Lipinski definition) is 3. The molecule has 0 bridgehead atoms. The van der Waals surface area contributed by atoms with Gasteiger partial charge in [0.1, 0.15) is 0 Å². The highest BCUT2D eigenvalue weighted by molar-refractivity contribution is 5.79. The molecule has 1 N–H and O–H groups in total. The van der Waals surface area contributed by atoms with E-state index in [1.54, 1.807) is 0 Å². The summed E-state index contributed by atoms with van der Waals surface area (Å²) in [5.74, 6) is 0.984. The monoisotopic (exact) mass is 317 g/mol. The van der Waals surface area contributed by atoms with Crippen molar-refractivity contribution in [2.75, 3.05) is 53.9 Å². The first-order valence-electron chi connectivity index (χ1n) is 8.52. The first-order valence-corrected chi connectivity index (χ1v) is 8.52. The van der Waals surface area contributed by atoms with Crippen LogP contribution in [0.25, 0.3) is 0 Å². The van der Waals surface area contributed by atoms with E-state index in [-0.39, 0.29) is 0 Å². The van der Waals surface area contributed by atoms with Crippen LogP contribution >= 0.6 is 0 Å². The van der Waals surface area contributed by atoms with Crippen LogP contribution in [0.5, 0.6) is 0 Å². The second-order valence-electron chi connectivity index (χ2n) is 6.43. The molecule has 0 amide bonds. The minimum absolute atomic E-state index is 0.493. The molecule has 5 heteroatoms. The average molecular weight is 317 g/mol. The molecule has 0 aromatic heterocycles. The summed E-state index contributed by atoms with van der Waals surface area (Å²) < 4.78 is 0. The van der Waals surface area contributed by atoms with Gasteiger partial charge in [-0.1, -0.05) is 30.3 Å². The Morgan fingerprint density at radius 3 is 2.70 bits per heavy atom. The maximum atomic E-state index is 4.88. The van der Waals surface area contributed by atoms with Crippen molar-refractivity contribution in [1.29, 1.82) is 0 Å². The fourth-order valence-electron chi connectivity index (χ4n) is 2.89. The van der Waals surface area contributed by atoms with Crippen molar-refractivity contribution in [3.05, 3.63) is 35.9 Å². The summed E-state index contributed by atoms with van der Waals surface area (Å²) in [5.41, 5.74) is 1.30. The molecule has 1 aliphatic heterocycles. The van der Waals surface area contributed by atoms with Gasteiger partial charge in [-0.25, -0.2) is 0 Å². The zero-order chi connectivity index (χ0) is 16.7. The molecule has 1 atom stereocenters. The number of nitrogens with one attached hydrogen (secondary N) is 1. The Morgan fingerprint density at radius 2 is 2.00 bits per heavy atom. The number of hydrogen-bond donors (Lipinski definition) is 1. The van der Waals surface area contributed by atoms with Gasteiger partial charge in [-0.3, -0.25) is 9.89 Å². The van der Waals surface area contributed by atoms with Crippen molar-refractivity contribution in [1.82, 2.24) is 20.0 Å². The quantitative estimate of drug-likeness (QED) is 0.656. The molecular weight excluding hydrogens is 286 g/mol. The topological polar surface area (TPSA) is 34.1 Å². The molecule has 5 nitrogen and oxygen atoms in total. The van der Waals surface area contributed by atoms with Crippen LogP contribution in [0.15, 0.2) is 35.3 Å². The third-order valence-electron chi connectivity index (χ3n) is 4.39. The molecule has 1 aromatic rings. The third-order valence-corrected chi connectivity index (χ3v) is 4.39. The van der Waals surface area contributed by atoms with E-state index in [2.05, 4.69) is 78.4 Å². The summed E-state index contributed by atoms with van der Waals surface area (Å²) in [7, 11) is 6.50. The van der Waals surface area contributed by atoms with Crippen molar-refractivity contribution >= 4 is 5.96 Å². The minimum Gasteiger partial charge on any atom is -0.357 e. The summed E-state index contributed by atoms with van der Waals surface area (Å²) in [6.07, 6.45) is 0. The van der Waals surface area contributed by atoms with Crippen molar-refractivity contribution in [2.45, 2.75) is 19.5 Å². The molecule has 1 aliphatic rings. The van der Waals surface area contributed by atoms with E-state index in [1.807, 2.05) is 0 Å². The summed E-state index contributed by atoms with van der Waals surface area (Å²) in [4.78, 5) is 11.9. The highest BCUT2D eigenvalue weighted by Gasteiger charge is 2.22. The fourth-order valence-corrected chi connectivity index (χ4v) is 2.89. The van der Waals surface area contributed by atoms with E-state index in [0.29, 0.717) is 6.04 Å². The molecule has 0 radical (unpaired) electrons. The zero-order valence-corrected chi connectivity index (χ0v) is 15.0. The van der Waals surface area contributed by atoms with Crippen molar-refractivity contribution < 1.29 is 0 Å². The SMILES string of the molecule is CCNC(=NCC1CN(C)CCN1C)N(C)Cc1ccccc1. The molecular formula is C18H31N5. The van der Waals surface area contributed by atoms with Crippen LogP contribution in [0.3, 0.4) is 0 Å². The zero-order valence-electron chi connectivity index (χ0n) is 15.0. The predicted octanol–water partition coefficient (Wildman–Crippen LogP) is 1.33. The Labute approximate surface area is 141 Å². The van der Waals surface area contributed by atoms with Gasteiger partial charge < -0.3 is 15.1 Å². The van der Waals surface area contributed by atoms with Gasteiger partial charge >= 0.3 is 0 Å². The van der Waals surface area contributed by atoms with Crippen LogP contribution < -0.4 is 5.32 Å². The highest BCUT2D eigenvalue weighted by atomic mass is 15.3. The molecule has 2 rings (SSSR count). The number of nitrogens with zero attached hydrogens (tertiary/aromatic N) is 4. The Bertz CT molecular complexity index is 487. The molecule has 1 aromatic carbocycles. The lowest BCUT2D eigenvalue weighted by molar-refractivity contribution is 0.119. The first kappa shape index (κ1) is 17.8. The Kier molecular flexibility index (Phi) is 6.86. The normalized spacial score (nSPS) is 20.5. The van der Waals surface area contributed by atoms with E-state index in [0.717, 1.165) is 45.2 Å². The van der Waals surface area contributed by atoms with E-state index in [9.17, 15) is 0 Å². The van der Waals surface area contributed by atoms with Crippen LogP contribution in [-0.2, 0) is 6.54 Å². The maximum absolute atomic E-state index is 4.88. The van der Waals surface area contributed by atoms with Crippen LogP contribution in [0.1, 0.15) is 12.5 Å². The fraction of sp³-hybridized carbons (Fsp3) is 0.611. The van der Waals surface area contributed by atoms with Crippen LogP contribution in [0, 0.1) is 0 Å². The number of benzene rings is 1. The van der Waals surface area contributed by atoms with Crippen molar-refractivity contribution in [2.24, 2.45) is 4.99 Å². The second-order valence-corrected chi connectivity index (χ2v) is 6.43. The standard InChI is InChI=1S/C18H31N5/c1-5-19-18(23(4)14-16-9-7-6-8-10-16)20-13-17-15-21(2)11-12-22(17)3/h6-10,17H,5,11-15H2,1-4H3,(H,19,20). The lowest BCUT2D eigenvalue weighted by Crippen LogP contribution is -2.51. The van der Waals surface area contributed by atoms with Crippen LogP contribution in [0.4, 0.5) is 0 Å². The van der Waals surface area contributed by atoms with E-state index >= 15 is 0 Å². The molecule has 128 valence electrons. The molecule has 1 saturated heterocycles. The van der Waals surface area contributed by atoms with Crippen LogP contribution in [0.2, 0.25) is 0 Å². The van der Waals surface area contributed by atoms with Gasteiger partial charge in [-0.2, -0.15) is 0 Å². The molecule has 1 heterocycles. The summed E-state index contributed by atoms with van der Waals surface area (Å²) >= 11 is 0. The molecule has 0 saturated carbocycles. The maximum Gasteiger partial charge on any atom is 0.194 e. The Hall–Kier alpha value is -1.59. The summed E-state index contributed by atoms with van der Waals surface area (Å²) in [6.45, 7) is 8.06. The van der Waals surface area contributed by atoms with Gasteiger partial charge in [-0.05, 0) is 26.6 Å². The van der Waals surface area contributed by atoms with E-state index in [4.69, 9.17) is 4.99 Å². The molecule has 0 spiro atoms. The van der Waals surface area contributed by atoms with Gasteiger partial charge in [0.25, 0.3) is 0 Å². The highest BCUT2D eigenvalue weighted by Crippen LogP contribution is 2.07. The van der Waals surface area contributed by atoms with Crippen molar-refractivity contribution in [3.8, 4) is 0 Å². The smallest absolute Gasteiger partial charge is 0.194 e. The summed E-state index contributed by atoms with van der Waals surface area (Å²) in [5, 5.41) is 3.41. The van der Waals surface area contributed by atoms with Gasteiger partial charge in [-0.15, -0.1) is 0 Å². The molecule has 23 heavy (non-hydrogen) atoms. The van der Waals surface area contributed by atoms with Gasteiger partial charge in [0, 0.05) is 45.8 Å². The predicted molar refractivity (Wildman–Crippen MR) is 97.8 cm³/mol. The van der Waals surface area contributed by atoms with Crippen LogP contribution in [-0.4, -0.2) is 80.6 Å². The van der Waals surface area contributed by atoms with Crippen molar-refractivity contribution in [3.63, 3.8) is 0 Å². The average Bonchev–Trinajstić information content (AvgIpc) is 2.55. The number of aliphatic imine (C=N–C) groups is 1. The van der Waals surface area contributed by atoms with Gasteiger partial charge in [0.05, 0.1) is 6.54 Å².